The van der Waals surface area contributed by atoms with Crippen LogP contribution in [0.3, 0.4) is 0 Å². The molecule has 2 aliphatic rings. The van der Waals surface area contributed by atoms with Gasteiger partial charge in [-0.05, 0) is 50.4 Å². The molecule has 7 nitrogen and oxygen atoms in total. The van der Waals surface area contributed by atoms with Crippen LogP contribution < -0.4 is 15.3 Å². The maximum absolute atomic E-state index is 9.80. The molecule has 8 heteroatoms. The largest absolute Gasteiger partial charge is 0.555 e. The Hall–Kier alpha value is -3.05. The summed E-state index contributed by atoms with van der Waals surface area (Å²) >= 11 is 0. The number of nitriles is 1. The zero-order chi connectivity index (χ0) is 20.4. The quantitative estimate of drug-likeness (QED) is 0.683. The zero-order valence-corrected chi connectivity index (χ0v) is 16.6. The van der Waals surface area contributed by atoms with Crippen LogP contribution in [0.15, 0.2) is 29.9 Å². The average molecular weight is 389 g/mol. The monoisotopic (exact) mass is 389 g/mol. The van der Waals surface area contributed by atoms with Gasteiger partial charge in [0.25, 0.3) is 0 Å². The van der Waals surface area contributed by atoms with Gasteiger partial charge >= 0.3 is 7.12 Å². The highest BCUT2D eigenvalue weighted by Crippen LogP contribution is 2.31. The number of hydrogen-bond donors (Lipinski definition) is 3. The summed E-state index contributed by atoms with van der Waals surface area (Å²) in [6.45, 7) is 3.79. The molecule has 1 aromatic carbocycles. The maximum Gasteiger partial charge on any atom is 0.555 e. The first-order valence-corrected chi connectivity index (χ1v) is 9.97. The second-order valence-corrected chi connectivity index (χ2v) is 7.73. The number of fused-ring (bicyclic) bond motifs is 1. The van der Waals surface area contributed by atoms with Crippen molar-refractivity contribution in [3.63, 3.8) is 0 Å². The van der Waals surface area contributed by atoms with Crippen molar-refractivity contribution in [2.45, 2.75) is 45.6 Å². The highest BCUT2D eigenvalue weighted by molar-refractivity contribution is 6.54. The number of rotatable bonds is 4. The SMILES string of the molecule is CC1=Cc2cc(Nc3ncc(C)c(NC4CCCC[C@@H]4C#N)n3)ccc2OB1O. The third-order valence-electron chi connectivity index (χ3n) is 5.50. The van der Waals surface area contributed by atoms with Gasteiger partial charge in [0, 0.05) is 29.1 Å². The Bertz CT molecular complexity index is 988. The van der Waals surface area contributed by atoms with Gasteiger partial charge < -0.3 is 20.3 Å². The molecule has 1 fully saturated rings. The van der Waals surface area contributed by atoms with Crippen molar-refractivity contribution >= 4 is 30.6 Å². The molecule has 0 radical (unpaired) electrons. The van der Waals surface area contributed by atoms with E-state index in [1.165, 1.54) is 0 Å². The molecule has 3 N–H and O–H groups in total. The molecular weight excluding hydrogens is 365 g/mol. The van der Waals surface area contributed by atoms with Crippen molar-refractivity contribution in [2.75, 3.05) is 10.6 Å². The van der Waals surface area contributed by atoms with Gasteiger partial charge in [0.15, 0.2) is 0 Å². The number of aryl methyl sites for hydroxylation is 1. The Morgan fingerprint density at radius 3 is 2.93 bits per heavy atom. The van der Waals surface area contributed by atoms with Crippen molar-refractivity contribution in [1.82, 2.24) is 9.97 Å². The van der Waals surface area contributed by atoms with E-state index >= 15 is 0 Å². The van der Waals surface area contributed by atoms with Crippen LogP contribution in [-0.2, 0) is 0 Å². The number of aromatic nitrogens is 2. The van der Waals surface area contributed by atoms with Crippen LogP contribution in [0.5, 0.6) is 5.75 Å². The van der Waals surface area contributed by atoms with Crippen molar-refractivity contribution in [1.29, 1.82) is 5.26 Å². The van der Waals surface area contributed by atoms with E-state index in [2.05, 4.69) is 26.7 Å². The van der Waals surface area contributed by atoms with E-state index in [9.17, 15) is 10.3 Å². The van der Waals surface area contributed by atoms with Crippen LogP contribution in [0.4, 0.5) is 17.5 Å². The molecule has 0 amide bonds. The van der Waals surface area contributed by atoms with Crippen LogP contribution in [0.2, 0.25) is 0 Å². The van der Waals surface area contributed by atoms with Gasteiger partial charge in [0.05, 0.1) is 12.0 Å². The summed E-state index contributed by atoms with van der Waals surface area (Å²) in [5.74, 6) is 1.90. The molecular formula is C21H24BN5O2. The van der Waals surface area contributed by atoms with Crippen molar-refractivity contribution in [3.8, 4) is 11.8 Å². The zero-order valence-electron chi connectivity index (χ0n) is 16.6. The van der Waals surface area contributed by atoms with Gasteiger partial charge in [-0.1, -0.05) is 18.9 Å². The van der Waals surface area contributed by atoms with E-state index in [1.54, 1.807) is 6.20 Å². The van der Waals surface area contributed by atoms with Crippen LogP contribution in [-0.4, -0.2) is 28.2 Å². The molecule has 2 atom stereocenters. The fourth-order valence-corrected chi connectivity index (χ4v) is 3.79. The Kier molecular flexibility index (Phi) is 5.41. The number of nitrogens with zero attached hydrogens (tertiary/aromatic N) is 3. The summed E-state index contributed by atoms with van der Waals surface area (Å²) in [6, 6.07) is 8.17. The third-order valence-corrected chi connectivity index (χ3v) is 5.50. The van der Waals surface area contributed by atoms with Crippen molar-refractivity contribution < 1.29 is 9.68 Å². The minimum Gasteiger partial charge on any atom is -0.532 e. The van der Waals surface area contributed by atoms with Crippen LogP contribution in [0.1, 0.15) is 43.7 Å². The van der Waals surface area contributed by atoms with Gasteiger partial charge in [-0.15, -0.1) is 0 Å². The fraction of sp³-hybridized carbons (Fsp3) is 0.381. The second-order valence-electron chi connectivity index (χ2n) is 7.73. The van der Waals surface area contributed by atoms with Gasteiger partial charge in [0.1, 0.15) is 11.6 Å². The van der Waals surface area contributed by atoms with Gasteiger partial charge in [-0.2, -0.15) is 10.2 Å². The number of benzene rings is 1. The molecule has 1 aliphatic heterocycles. The predicted octanol–water partition coefficient (Wildman–Crippen LogP) is 3.84. The lowest BCUT2D eigenvalue weighted by Crippen LogP contribution is -2.32. The third kappa shape index (κ3) is 4.20. The Morgan fingerprint density at radius 1 is 1.28 bits per heavy atom. The van der Waals surface area contributed by atoms with Crippen molar-refractivity contribution in [3.05, 3.63) is 41.0 Å². The first-order chi connectivity index (χ1) is 14.0. The number of nitrogens with one attached hydrogen (secondary N) is 2. The summed E-state index contributed by atoms with van der Waals surface area (Å²) in [5.41, 5.74) is 3.42. The Labute approximate surface area is 171 Å². The number of anilines is 3. The van der Waals surface area contributed by atoms with Crippen LogP contribution in [0, 0.1) is 24.2 Å². The molecule has 1 aliphatic carbocycles. The Balaban J connectivity index is 1.53. The van der Waals surface area contributed by atoms with E-state index in [4.69, 9.17) is 4.65 Å². The summed E-state index contributed by atoms with van der Waals surface area (Å²) in [7, 11) is -0.896. The first-order valence-electron chi connectivity index (χ1n) is 9.97. The highest BCUT2D eigenvalue weighted by Gasteiger charge is 2.26. The summed E-state index contributed by atoms with van der Waals surface area (Å²) in [5, 5.41) is 25.9. The molecule has 2 heterocycles. The molecule has 2 aromatic rings. The molecule has 148 valence electrons. The van der Waals surface area contributed by atoms with E-state index in [-0.39, 0.29) is 12.0 Å². The lowest BCUT2D eigenvalue weighted by Gasteiger charge is -2.28. The van der Waals surface area contributed by atoms with Crippen LogP contribution in [0.25, 0.3) is 6.08 Å². The molecule has 4 rings (SSSR count). The van der Waals surface area contributed by atoms with Gasteiger partial charge in [0.2, 0.25) is 5.95 Å². The minimum atomic E-state index is -0.896. The first kappa shape index (κ1) is 19.3. The fourth-order valence-electron chi connectivity index (χ4n) is 3.79. The normalized spacial score (nSPS) is 20.8. The predicted molar refractivity (Wildman–Crippen MR) is 114 cm³/mol. The topological polar surface area (TPSA) is 103 Å². The summed E-state index contributed by atoms with van der Waals surface area (Å²) in [6.07, 6.45) is 7.84. The van der Waals surface area contributed by atoms with Gasteiger partial charge in [-0.3, -0.25) is 0 Å². The van der Waals surface area contributed by atoms with Crippen molar-refractivity contribution in [2.24, 2.45) is 5.92 Å². The smallest absolute Gasteiger partial charge is 0.532 e. The van der Waals surface area contributed by atoms with E-state index in [1.807, 2.05) is 38.1 Å². The molecule has 1 aromatic heterocycles. The summed E-state index contributed by atoms with van der Waals surface area (Å²) in [4.78, 5) is 9.03. The second kappa shape index (κ2) is 8.14. The van der Waals surface area contributed by atoms with Crippen LogP contribution >= 0.6 is 0 Å². The molecule has 0 spiro atoms. The number of allylic oxidation sites excluding steroid dienone is 1. The molecule has 1 saturated carbocycles. The highest BCUT2D eigenvalue weighted by atomic mass is 16.5. The van der Waals surface area contributed by atoms with E-state index < -0.39 is 7.12 Å². The lowest BCUT2D eigenvalue weighted by molar-refractivity contribution is 0.388. The Morgan fingerprint density at radius 2 is 2.10 bits per heavy atom. The molecule has 0 saturated heterocycles. The average Bonchev–Trinajstić information content (AvgIpc) is 2.72. The number of hydrogen-bond acceptors (Lipinski definition) is 7. The summed E-state index contributed by atoms with van der Waals surface area (Å²) < 4.78 is 5.48. The molecule has 1 unspecified atom stereocenters. The molecule has 0 bridgehead atoms. The standard InChI is InChI=1S/C21H24BN5O2/c1-13-12-24-21(27-20(13)26-18-6-4-3-5-15(18)11-23)25-17-7-8-19-16(10-17)9-14(2)22(28)29-19/h7-10,12,15,18,28H,3-6H2,1-2H3,(H2,24,25,26,27)/t15-,18?/m1/s1. The maximum atomic E-state index is 9.80. The van der Waals surface area contributed by atoms with E-state index in [0.717, 1.165) is 53.8 Å². The molecule has 29 heavy (non-hydrogen) atoms. The minimum absolute atomic E-state index is 0.0144. The van der Waals surface area contributed by atoms with E-state index in [0.29, 0.717) is 11.7 Å². The van der Waals surface area contributed by atoms with Gasteiger partial charge in [-0.25, -0.2) is 4.98 Å². The lowest BCUT2D eigenvalue weighted by atomic mass is 9.76.